The van der Waals surface area contributed by atoms with E-state index < -0.39 is 5.60 Å². The van der Waals surface area contributed by atoms with E-state index in [1.54, 1.807) is 28.1 Å². The summed E-state index contributed by atoms with van der Waals surface area (Å²) in [6, 6.07) is 26.5. The number of rotatable bonds is 11. The molecule has 2 saturated heterocycles. The average molecular weight is 660 g/mol. The second-order valence-corrected chi connectivity index (χ2v) is 12.9. The van der Waals surface area contributed by atoms with Crippen LogP contribution in [-0.2, 0) is 16.9 Å². The summed E-state index contributed by atoms with van der Waals surface area (Å²) in [5.74, 6) is 0.852. The first-order chi connectivity index (χ1) is 24.0. The van der Waals surface area contributed by atoms with Gasteiger partial charge in [0, 0.05) is 37.8 Å². The van der Waals surface area contributed by atoms with E-state index in [0.29, 0.717) is 31.1 Å². The molecular weight excluding hydrogens is 618 g/mol. The van der Waals surface area contributed by atoms with Crippen LogP contribution in [0.2, 0.25) is 0 Å². The molecule has 0 spiro atoms. The van der Waals surface area contributed by atoms with Gasteiger partial charge in [0.15, 0.2) is 0 Å². The standard InChI is InChI=1S/C37H41N9O3/c1-3-28(2)46-36(47)44(27-41-46)33-11-9-32(10-12-33)42-17-19-43(20-18-42)35-14-13-34(21-30(35)23-38)48-24-29-22-37(49-25-29,26-45-39-15-16-40-45)31-7-5-4-6-8-31/h4-16,21,27-29H,3,17-20,22,24-26H2,1-2H3/t28?,29-,37+/m0/s1. The van der Waals surface area contributed by atoms with Crippen LogP contribution in [0.3, 0.4) is 0 Å². The zero-order valence-corrected chi connectivity index (χ0v) is 27.9. The van der Waals surface area contributed by atoms with Crippen molar-refractivity contribution in [1.29, 1.82) is 5.26 Å². The lowest BCUT2D eigenvalue weighted by Crippen LogP contribution is -2.46. The number of hydrogen-bond acceptors (Lipinski definition) is 9. The molecule has 2 aliphatic rings. The number of ether oxygens (including phenoxy) is 2. The van der Waals surface area contributed by atoms with Crippen LogP contribution < -0.4 is 20.2 Å². The number of anilines is 2. The number of nitriles is 1. The smallest absolute Gasteiger partial charge is 0.350 e. The van der Waals surface area contributed by atoms with Gasteiger partial charge in [-0.25, -0.2) is 14.0 Å². The summed E-state index contributed by atoms with van der Waals surface area (Å²) in [5, 5.41) is 23.0. The van der Waals surface area contributed by atoms with Gasteiger partial charge in [-0.05, 0) is 67.8 Å². The van der Waals surface area contributed by atoms with E-state index in [2.05, 4.69) is 55.4 Å². The Kier molecular flexibility index (Phi) is 9.17. The maximum absolute atomic E-state index is 12.8. The monoisotopic (exact) mass is 659 g/mol. The van der Waals surface area contributed by atoms with Crippen LogP contribution >= 0.6 is 0 Å². The van der Waals surface area contributed by atoms with Crippen LogP contribution in [0.4, 0.5) is 11.4 Å². The van der Waals surface area contributed by atoms with Gasteiger partial charge in [0.2, 0.25) is 0 Å². The first kappa shape index (κ1) is 32.2. The molecule has 2 aromatic heterocycles. The third-order valence-electron chi connectivity index (χ3n) is 9.77. The first-order valence-corrected chi connectivity index (χ1v) is 16.9. The van der Waals surface area contributed by atoms with E-state index in [1.165, 1.54) is 4.68 Å². The number of nitrogens with zero attached hydrogens (tertiary/aromatic N) is 9. The van der Waals surface area contributed by atoms with Crippen LogP contribution in [0.15, 0.2) is 96.3 Å². The molecule has 0 bridgehead atoms. The molecule has 0 amide bonds. The van der Waals surface area contributed by atoms with Gasteiger partial charge in [-0.2, -0.15) is 25.4 Å². The molecule has 12 heteroatoms. The summed E-state index contributed by atoms with van der Waals surface area (Å²) < 4.78 is 15.8. The topological polar surface area (TPSA) is 119 Å². The Balaban J connectivity index is 0.956. The van der Waals surface area contributed by atoms with Crippen molar-refractivity contribution in [3.05, 3.63) is 113 Å². The van der Waals surface area contributed by atoms with Crippen molar-refractivity contribution in [3.8, 4) is 17.5 Å². The predicted octanol–water partition coefficient (Wildman–Crippen LogP) is 4.81. The van der Waals surface area contributed by atoms with Gasteiger partial charge in [0.25, 0.3) is 0 Å². The average Bonchev–Trinajstić information content (AvgIpc) is 3.92. The van der Waals surface area contributed by atoms with Crippen LogP contribution in [0.25, 0.3) is 5.69 Å². The summed E-state index contributed by atoms with van der Waals surface area (Å²) in [7, 11) is 0. The highest BCUT2D eigenvalue weighted by Crippen LogP contribution is 2.40. The summed E-state index contributed by atoms with van der Waals surface area (Å²) in [6.07, 6.45) is 6.57. The third kappa shape index (κ3) is 6.67. The van der Waals surface area contributed by atoms with Crippen molar-refractivity contribution in [1.82, 2.24) is 29.3 Å². The van der Waals surface area contributed by atoms with Gasteiger partial charge < -0.3 is 19.3 Å². The van der Waals surface area contributed by atoms with Crippen molar-refractivity contribution in [2.75, 3.05) is 49.2 Å². The lowest BCUT2D eigenvalue weighted by atomic mass is 9.87. The van der Waals surface area contributed by atoms with Crippen molar-refractivity contribution in [2.24, 2.45) is 5.92 Å². The fourth-order valence-corrected chi connectivity index (χ4v) is 6.85. The highest BCUT2D eigenvalue weighted by molar-refractivity contribution is 5.63. The summed E-state index contributed by atoms with van der Waals surface area (Å²) in [6.45, 7) is 8.80. The minimum Gasteiger partial charge on any atom is -0.493 e. The molecule has 4 heterocycles. The molecule has 252 valence electrons. The van der Waals surface area contributed by atoms with Crippen molar-refractivity contribution in [2.45, 2.75) is 44.9 Å². The molecule has 0 N–H and O–H groups in total. The maximum atomic E-state index is 12.8. The number of piperazine rings is 1. The second-order valence-electron chi connectivity index (χ2n) is 12.9. The molecule has 2 aliphatic heterocycles. The van der Waals surface area contributed by atoms with E-state index >= 15 is 0 Å². The molecule has 1 unspecified atom stereocenters. The lowest BCUT2D eigenvalue weighted by Gasteiger charge is -2.37. The van der Waals surface area contributed by atoms with Crippen molar-refractivity contribution in [3.63, 3.8) is 0 Å². The van der Waals surface area contributed by atoms with E-state index in [1.807, 2.05) is 62.4 Å². The fraction of sp³-hybridized carbons (Fsp3) is 0.378. The zero-order chi connectivity index (χ0) is 33.8. The summed E-state index contributed by atoms with van der Waals surface area (Å²) in [4.78, 5) is 19.1. The zero-order valence-electron chi connectivity index (χ0n) is 27.9. The van der Waals surface area contributed by atoms with Gasteiger partial charge in [0.05, 0.1) is 55.1 Å². The molecule has 3 atom stereocenters. The molecular formula is C37H41N9O3. The molecule has 5 aromatic rings. The van der Waals surface area contributed by atoms with Crippen LogP contribution in [0.1, 0.15) is 43.9 Å². The van der Waals surface area contributed by atoms with Crippen LogP contribution in [0, 0.1) is 17.2 Å². The lowest BCUT2D eigenvalue weighted by molar-refractivity contribution is -0.0209. The molecule has 0 saturated carbocycles. The molecule has 0 radical (unpaired) electrons. The number of hydrogen-bond donors (Lipinski definition) is 0. The normalized spacial score (nSPS) is 19.9. The third-order valence-corrected chi connectivity index (χ3v) is 9.77. The predicted molar refractivity (Wildman–Crippen MR) is 186 cm³/mol. The highest BCUT2D eigenvalue weighted by atomic mass is 16.5. The minimum atomic E-state index is -0.531. The molecule has 12 nitrogen and oxygen atoms in total. The fourth-order valence-electron chi connectivity index (χ4n) is 6.85. The highest BCUT2D eigenvalue weighted by Gasteiger charge is 2.43. The van der Waals surface area contributed by atoms with Gasteiger partial charge >= 0.3 is 5.69 Å². The Labute approximate surface area is 285 Å². The quantitative estimate of drug-likeness (QED) is 0.197. The van der Waals surface area contributed by atoms with Crippen molar-refractivity contribution >= 4 is 11.4 Å². The number of benzene rings is 3. The molecule has 49 heavy (non-hydrogen) atoms. The molecule has 7 rings (SSSR count). The number of aromatic nitrogens is 6. The van der Waals surface area contributed by atoms with Gasteiger partial charge in [-0.1, -0.05) is 37.3 Å². The van der Waals surface area contributed by atoms with Gasteiger partial charge in [0.1, 0.15) is 23.7 Å². The summed E-state index contributed by atoms with van der Waals surface area (Å²) >= 11 is 0. The second kappa shape index (κ2) is 14.0. The summed E-state index contributed by atoms with van der Waals surface area (Å²) in [5.41, 5.74) is 3.86. The largest absolute Gasteiger partial charge is 0.493 e. The van der Waals surface area contributed by atoms with Crippen LogP contribution in [-0.4, -0.2) is 68.7 Å². The SMILES string of the molecule is CCC(C)n1ncn(-c2ccc(N3CCN(c4ccc(OC[C@H]5CO[C@](Cn6nccn6)(c6ccccc6)C5)cc4C#N)CC3)cc2)c1=O. The Bertz CT molecular complexity index is 1940. The van der Waals surface area contributed by atoms with Crippen LogP contribution in [0.5, 0.6) is 5.75 Å². The van der Waals surface area contributed by atoms with Crippen molar-refractivity contribution < 1.29 is 9.47 Å². The maximum Gasteiger partial charge on any atom is 0.350 e. The van der Waals surface area contributed by atoms with E-state index in [4.69, 9.17) is 9.47 Å². The Morgan fingerprint density at radius 2 is 1.67 bits per heavy atom. The van der Waals surface area contributed by atoms with E-state index in [-0.39, 0.29) is 17.6 Å². The Morgan fingerprint density at radius 3 is 2.39 bits per heavy atom. The minimum absolute atomic E-state index is 0.0554. The molecule has 0 aliphatic carbocycles. The molecule has 3 aromatic carbocycles. The van der Waals surface area contributed by atoms with Gasteiger partial charge in [-0.15, -0.1) is 0 Å². The Morgan fingerprint density at radius 1 is 0.959 bits per heavy atom. The molecule has 2 fully saturated rings. The first-order valence-electron chi connectivity index (χ1n) is 16.9. The van der Waals surface area contributed by atoms with E-state index in [9.17, 15) is 10.1 Å². The van der Waals surface area contributed by atoms with E-state index in [0.717, 1.165) is 61.6 Å². The Hall–Kier alpha value is -5.41. The van der Waals surface area contributed by atoms with Gasteiger partial charge in [-0.3, -0.25) is 0 Å².